The van der Waals surface area contributed by atoms with Crippen molar-refractivity contribution in [2.24, 2.45) is 5.41 Å². The van der Waals surface area contributed by atoms with Crippen LogP contribution in [0.1, 0.15) is 26.3 Å². The summed E-state index contributed by atoms with van der Waals surface area (Å²) in [5, 5.41) is 16.2. The summed E-state index contributed by atoms with van der Waals surface area (Å²) in [6, 6.07) is 12.6. The fourth-order valence-electron chi connectivity index (χ4n) is 2.31. The highest BCUT2D eigenvalue weighted by Gasteiger charge is 2.24. The van der Waals surface area contributed by atoms with Gasteiger partial charge < -0.3 is 15.4 Å². The Balaban J connectivity index is 2.39. The lowest BCUT2D eigenvalue weighted by Gasteiger charge is -2.19. The van der Waals surface area contributed by atoms with E-state index < -0.39 is 16.2 Å². The number of hydrogen-bond acceptors (Lipinski definition) is 5. The summed E-state index contributed by atoms with van der Waals surface area (Å²) in [4.78, 5) is 35.7. The van der Waals surface area contributed by atoms with Crippen molar-refractivity contribution in [1.29, 1.82) is 0 Å². The Morgan fingerprint density at radius 3 is 2.41 bits per heavy atom. The molecule has 0 spiro atoms. The second-order valence-electron chi connectivity index (χ2n) is 7.27. The number of carbonyl (C=O) groups is 2. The van der Waals surface area contributed by atoms with Crippen molar-refractivity contribution >= 4 is 29.3 Å². The van der Waals surface area contributed by atoms with Gasteiger partial charge in [-0.05, 0) is 18.2 Å². The SMILES string of the molecule is COc1ccccc1/C=C(/NC(=O)C(C)(C)C)C(=O)Nc1cccc([N+](=O)[O-])c1. The molecule has 2 rings (SSSR count). The molecule has 8 heteroatoms. The minimum atomic E-state index is -0.730. The van der Waals surface area contributed by atoms with Crippen molar-refractivity contribution < 1.29 is 19.2 Å². The van der Waals surface area contributed by atoms with E-state index in [-0.39, 0.29) is 23.0 Å². The van der Waals surface area contributed by atoms with E-state index in [1.54, 1.807) is 45.0 Å². The normalized spacial score (nSPS) is 11.5. The average molecular weight is 397 g/mol. The van der Waals surface area contributed by atoms with Crippen molar-refractivity contribution in [3.8, 4) is 5.75 Å². The van der Waals surface area contributed by atoms with Crippen LogP contribution in [-0.2, 0) is 9.59 Å². The van der Waals surface area contributed by atoms with E-state index in [0.717, 1.165) is 0 Å². The maximum absolute atomic E-state index is 12.9. The first kappa shape index (κ1) is 21.6. The zero-order valence-electron chi connectivity index (χ0n) is 16.7. The fraction of sp³-hybridized carbons (Fsp3) is 0.238. The Morgan fingerprint density at radius 1 is 1.10 bits per heavy atom. The molecule has 0 saturated heterocycles. The van der Waals surface area contributed by atoms with E-state index in [4.69, 9.17) is 4.74 Å². The number of para-hydroxylation sites is 1. The van der Waals surface area contributed by atoms with Crippen LogP contribution in [0, 0.1) is 15.5 Å². The average Bonchev–Trinajstić information content (AvgIpc) is 2.67. The molecule has 29 heavy (non-hydrogen) atoms. The minimum absolute atomic E-state index is 0.0130. The number of benzene rings is 2. The van der Waals surface area contributed by atoms with Crippen LogP contribution in [0.25, 0.3) is 6.08 Å². The van der Waals surface area contributed by atoms with Crippen LogP contribution >= 0.6 is 0 Å². The van der Waals surface area contributed by atoms with Crippen LogP contribution in [0.15, 0.2) is 54.2 Å². The summed E-state index contributed by atoms with van der Waals surface area (Å²) in [6.45, 7) is 5.17. The molecule has 2 aromatic rings. The molecule has 0 atom stereocenters. The van der Waals surface area contributed by atoms with Crippen LogP contribution in [0.4, 0.5) is 11.4 Å². The lowest BCUT2D eigenvalue weighted by molar-refractivity contribution is -0.384. The fourth-order valence-corrected chi connectivity index (χ4v) is 2.31. The predicted octanol–water partition coefficient (Wildman–Crippen LogP) is 3.75. The number of rotatable bonds is 6. The monoisotopic (exact) mass is 397 g/mol. The largest absolute Gasteiger partial charge is 0.496 e. The van der Waals surface area contributed by atoms with Crippen LogP contribution in [-0.4, -0.2) is 23.8 Å². The number of amides is 2. The van der Waals surface area contributed by atoms with Crippen molar-refractivity contribution in [2.75, 3.05) is 12.4 Å². The highest BCUT2D eigenvalue weighted by molar-refractivity contribution is 6.09. The number of carbonyl (C=O) groups excluding carboxylic acids is 2. The van der Waals surface area contributed by atoms with Gasteiger partial charge in [-0.15, -0.1) is 0 Å². The summed E-state index contributed by atoms with van der Waals surface area (Å²) in [5.41, 5.74) is -0.0719. The second kappa shape index (κ2) is 9.01. The molecule has 0 fully saturated rings. The van der Waals surface area contributed by atoms with Gasteiger partial charge >= 0.3 is 0 Å². The highest BCUT2D eigenvalue weighted by Crippen LogP contribution is 2.22. The van der Waals surface area contributed by atoms with E-state index in [0.29, 0.717) is 11.3 Å². The predicted molar refractivity (Wildman–Crippen MR) is 110 cm³/mol. The van der Waals surface area contributed by atoms with E-state index in [2.05, 4.69) is 10.6 Å². The number of hydrogen-bond donors (Lipinski definition) is 2. The van der Waals surface area contributed by atoms with Gasteiger partial charge in [0.25, 0.3) is 11.6 Å². The van der Waals surface area contributed by atoms with E-state index in [1.165, 1.54) is 37.5 Å². The molecular formula is C21H23N3O5. The van der Waals surface area contributed by atoms with Crippen molar-refractivity contribution in [2.45, 2.75) is 20.8 Å². The molecule has 152 valence electrons. The summed E-state index contributed by atoms with van der Waals surface area (Å²) in [7, 11) is 1.50. The molecule has 2 N–H and O–H groups in total. The van der Waals surface area contributed by atoms with Crippen molar-refractivity contribution in [1.82, 2.24) is 5.32 Å². The number of nitro benzene ring substituents is 1. The summed E-state index contributed by atoms with van der Waals surface area (Å²) >= 11 is 0. The molecule has 0 heterocycles. The number of nitro groups is 1. The third-order valence-electron chi connectivity index (χ3n) is 3.93. The number of ether oxygens (including phenoxy) is 1. The quantitative estimate of drug-likeness (QED) is 0.438. The third-order valence-corrected chi connectivity index (χ3v) is 3.93. The lowest BCUT2D eigenvalue weighted by Crippen LogP contribution is -2.38. The molecule has 0 aromatic heterocycles. The van der Waals surface area contributed by atoms with Gasteiger partial charge in [0.05, 0.1) is 12.0 Å². The molecule has 0 radical (unpaired) electrons. The Hall–Kier alpha value is -3.68. The molecule has 8 nitrogen and oxygen atoms in total. The third kappa shape index (κ3) is 5.90. The van der Waals surface area contributed by atoms with Gasteiger partial charge in [0.15, 0.2) is 0 Å². The maximum Gasteiger partial charge on any atom is 0.272 e. The molecule has 0 aliphatic carbocycles. The number of non-ortho nitro benzene ring substituents is 1. The minimum Gasteiger partial charge on any atom is -0.496 e. The zero-order chi connectivity index (χ0) is 21.6. The molecule has 0 bridgehead atoms. The van der Waals surface area contributed by atoms with Gasteiger partial charge in [0.1, 0.15) is 11.4 Å². The topological polar surface area (TPSA) is 111 Å². The molecule has 0 unspecified atom stereocenters. The van der Waals surface area contributed by atoms with E-state index >= 15 is 0 Å². The van der Waals surface area contributed by atoms with E-state index in [1.807, 2.05) is 0 Å². The van der Waals surface area contributed by atoms with Crippen molar-refractivity contribution in [3.05, 3.63) is 69.9 Å². The molecule has 2 aromatic carbocycles. The summed E-state index contributed by atoms with van der Waals surface area (Å²) < 4.78 is 5.29. The van der Waals surface area contributed by atoms with Gasteiger partial charge in [0, 0.05) is 28.8 Å². The standard InChI is InChI=1S/C21H23N3O5/c1-21(2,3)20(26)23-17(12-14-8-5-6-11-18(14)29-4)19(25)22-15-9-7-10-16(13-15)24(27)28/h5-13H,1-4H3,(H,22,25)(H,23,26)/b17-12+. The summed E-state index contributed by atoms with van der Waals surface area (Å²) in [5.74, 6) is -0.444. The molecule has 0 saturated carbocycles. The van der Waals surface area contributed by atoms with Gasteiger partial charge in [-0.3, -0.25) is 19.7 Å². The number of nitrogens with one attached hydrogen (secondary N) is 2. The van der Waals surface area contributed by atoms with Gasteiger partial charge in [-0.1, -0.05) is 45.0 Å². The van der Waals surface area contributed by atoms with Crippen LogP contribution in [0.2, 0.25) is 0 Å². The van der Waals surface area contributed by atoms with Crippen LogP contribution in [0.3, 0.4) is 0 Å². The van der Waals surface area contributed by atoms with Crippen molar-refractivity contribution in [3.63, 3.8) is 0 Å². The zero-order valence-corrected chi connectivity index (χ0v) is 16.7. The maximum atomic E-state index is 12.9. The first-order chi connectivity index (χ1) is 13.6. The Labute approximate surface area is 168 Å². The molecular weight excluding hydrogens is 374 g/mol. The smallest absolute Gasteiger partial charge is 0.272 e. The summed E-state index contributed by atoms with van der Waals surface area (Å²) in [6.07, 6.45) is 1.50. The molecule has 0 aliphatic rings. The Bertz CT molecular complexity index is 961. The number of nitrogens with zero attached hydrogens (tertiary/aromatic N) is 1. The first-order valence-corrected chi connectivity index (χ1v) is 8.84. The number of anilines is 1. The van der Waals surface area contributed by atoms with Crippen LogP contribution < -0.4 is 15.4 Å². The Morgan fingerprint density at radius 2 is 1.79 bits per heavy atom. The highest BCUT2D eigenvalue weighted by atomic mass is 16.6. The second-order valence-corrected chi connectivity index (χ2v) is 7.27. The molecule has 0 aliphatic heterocycles. The lowest BCUT2D eigenvalue weighted by atomic mass is 9.95. The van der Waals surface area contributed by atoms with Gasteiger partial charge in [0.2, 0.25) is 5.91 Å². The Kier molecular flexibility index (Phi) is 6.71. The first-order valence-electron chi connectivity index (χ1n) is 8.84. The van der Waals surface area contributed by atoms with Gasteiger partial charge in [-0.25, -0.2) is 0 Å². The number of methoxy groups -OCH3 is 1. The van der Waals surface area contributed by atoms with Gasteiger partial charge in [-0.2, -0.15) is 0 Å². The van der Waals surface area contributed by atoms with E-state index in [9.17, 15) is 19.7 Å². The molecule has 2 amide bonds. The van der Waals surface area contributed by atoms with Crippen LogP contribution in [0.5, 0.6) is 5.75 Å².